The van der Waals surface area contributed by atoms with E-state index in [2.05, 4.69) is 20.4 Å². The first-order valence-electron chi connectivity index (χ1n) is 10.6. The predicted molar refractivity (Wildman–Crippen MR) is 124 cm³/mol. The number of aliphatic hydroxyl groups excluding tert-OH is 2. The number of amides is 1. The number of aliphatic imine (C=N–C) groups is 1. The van der Waals surface area contributed by atoms with Gasteiger partial charge >= 0.3 is 6.18 Å². The second-order valence-electron chi connectivity index (χ2n) is 7.89. The van der Waals surface area contributed by atoms with E-state index in [4.69, 9.17) is 9.84 Å². The molecule has 35 heavy (non-hydrogen) atoms. The number of hydrogen-bond acceptors (Lipinski definition) is 8. The summed E-state index contributed by atoms with van der Waals surface area (Å²) in [4.78, 5) is 21.7. The zero-order valence-electron chi connectivity index (χ0n) is 18.7. The molecular formula is C22H22F3N5O4S. The molecule has 13 heteroatoms. The van der Waals surface area contributed by atoms with Crippen molar-refractivity contribution in [1.82, 2.24) is 19.9 Å². The highest BCUT2D eigenvalue weighted by Crippen LogP contribution is 2.37. The molecule has 0 aliphatic carbocycles. The quantitative estimate of drug-likeness (QED) is 0.467. The molecule has 1 aliphatic heterocycles. The average Bonchev–Trinajstić information content (AvgIpc) is 3.37. The standard InChI is InChI=1S/C22H22F3N5O4S/c1-11-8-26-21(35-11)28-20(33)18-12(2)27-19-17(34-10-13(32)9-31)7-16(29-30(18)19)14-5-3-4-6-15(14)22(23,24)25/h3-7,11,13,31-32H,8-10H2,1-2H3,(H,26,28,33)/t11?,13-/m1/s1. The third kappa shape index (κ3) is 5.26. The fraction of sp³-hybridized carbons (Fsp3) is 0.364. The molecule has 0 spiro atoms. The Morgan fingerprint density at radius 1 is 1.37 bits per heavy atom. The maximum atomic E-state index is 13.7. The van der Waals surface area contributed by atoms with Crippen LogP contribution in [0.4, 0.5) is 13.2 Å². The summed E-state index contributed by atoms with van der Waals surface area (Å²) in [6.07, 6.45) is -5.88. The molecule has 0 bridgehead atoms. The summed E-state index contributed by atoms with van der Waals surface area (Å²) >= 11 is 1.39. The molecule has 2 aromatic heterocycles. The summed E-state index contributed by atoms with van der Waals surface area (Å²) < 4.78 is 47.8. The molecule has 3 heterocycles. The number of aryl methyl sites for hydroxylation is 1. The minimum Gasteiger partial charge on any atom is -0.487 e. The third-order valence-corrected chi connectivity index (χ3v) is 6.12. The van der Waals surface area contributed by atoms with Crippen LogP contribution in [0.25, 0.3) is 16.9 Å². The van der Waals surface area contributed by atoms with Gasteiger partial charge in [-0.2, -0.15) is 18.3 Å². The highest BCUT2D eigenvalue weighted by atomic mass is 32.2. The van der Waals surface area contributed by atoms with Gasteiger partial charge in [-0.15, -0.1) is 0 Å². The molecule has 2 atom stereocenters. The Balaban J connectivity index is 1.86. The number of fused-ring (bicyclic) bond motifs is 1. The number of nitrogens with zero attached hydrogens (tertiary/aromatic N) is 4. The monoisotopic (exact) mass is 509 g/mol. The van der Waals surface area contributed by atoms with Gasteiger partial charge in [-0.1, -0.05) is 36.9 Å². The SMILES string of the molecule is Cc1nc2c(OC[C@H](O)CO)cc(-c3ccccc3C(F)(F)F)nn2c1C(=O)NC1=NCC(C)S1. The maximum absolute atomic E-state index is 13.7. The van der Waals surface area contributed by atoms with Gasteiger partial charge in [-0.05, 0) is 13.0 Å². The molecule has 9 nitrogen and oxygen atoms in total. The van der Waals surface area contributed by atoms with E-state index in [0.717, 1.165) is 10.6 Å². The second kappa shape index (κ2) is 9.84. The van der Waals surface area contributed by atoms with E-state index >= 15 is 0 Å². The number of aromatic nitrogens is 3. The predicted octanol–water partition coefficient (Wildman–Crippen LogP) is 2.68. The first-order valence-corrected chi connectivity index (χ1v) is 11.5. The van der Waals surface area contributed by atoms with Crippen LogP contribution in [0.5, 0.6) is 5.75 Å². The number of rotatable bonds is 6. The first-order chi connectivity index (χ1) is 16.6. The number of ether oxygens (including phenoxy) is 1. The van der Waals surface area contributed by atoms with E-state index in [1.807, 2.05) is 6.92 Å². The van der Waals surface area contributed by atoms with E-state index in [1.54, 1.807) is 6.92 Å². The number of carbonyl (C=O) groups excluding carboxylic acids is 1. The number of carbonyl (C=O) groups is 1. The molecule has 4 rings (SSSR count). The Morgan fingerprint density at radius 2 is 2.11 bits per heavy atom. The Bertz CT molecular complexity index is 1290. The lowest BCUT2D eigenvalue weighted by Gasteiger charge is -2.15. The van der Waals surface area contributed by atoms with Crippen molar-refractivity contribution in [2.24, 2.45) is 4.99 Å². The summed E-state index contributed by atoms with van der Waals surface area (Å²) in [6, 6.07) is 6.16. The number of imidazole rings is 1. The maximum Gasteiger partial charge on any atom is 0.417 e. The van der Waals surface area contributed by atoms with Crippen LogP contribution in [-0.4, -0.2) is 67.0 Å². The van der Waals surface area contributed by atoms with Crippen molar-refractivity contribution >= 4 is 28.5 Å². The number of amidine groups is 1. The van der Waals surface area contributed by atoms with E-state index in [9.17, 15) is 23.1 Å². The number of thioether (sulfide) groups is 1. The molecule has 0 fully saturated rings. The number of aliphatic hydroxyl groups is 2. The number of hydrogen-bond donors (Lipinski definition) is 3. The third-order valence-electron chi connectivity index (χ3n) is 5.12. The number of benzene rings is 1. The van der Waals surface area contributed by atoms with Gasteiger partial charge in [-0.25, -0.2) is 9.50 Å². The molecule has 1 aromatic carbocycles. The van der Waals surface area contributed by atoms with E-state index in [-0.39, 0.29) is 45.9 Å². The lowest BCUT2D eigenvalue weighted by Crippen LogP contribution is -2.29. The molecule has 0 saturated heterocycles. The largest absolute Gasteiger partial charge is 0.487 e. The van der Waals surface area contributed by atoms with Gasteiger partial charge in [0.2, 0.25) is 0 Å². The number of alkyl halides is 3. The lowest BCUT2D eigenvalue weighted by molar-refractivity contribution is -0.137. The van der Waals surface area contributed by atoms with Crippen molar-refractivity contribution in [1.29, 1.82) is 0 Å². The van der Waals surface area contributed by atoms with Gasteiger partial charge in [0.05, 0.1) is 30.1 Å². The van der Waals surface area contributed by atoms with Gasteiger partial charge < -0.3 is 14.9 Å². The van der Waals surface area contributed by atoms with Crippen molar-refractivity contribution in [3.63, 3.8) is 0 Å². The van der Waals surface area contributed by atoms with Crippen LogP contribution < -0.4 is 10.1 Å². The van der Waals surface area contributed by atoms with Crippen molar-refractivity contribution in [2.45, 2.75) is 31.4 Å². The normalized spacial score (nSPS) is 16.9. The minimum absolute atomic E-state index is 0.00162. The van der Waals surface area contributed by atoms with Crippen molar-refractivity contribution in [2.75, 3.05) is 19.8 Å². The fourth-order valence-corrected chi connectivity index (χ4v) is 4.32. The minimum atomic E-state index is -4.65. The molecule has 1 aliphatic rings. The Kier molecular flexibility index (Phi) is 7.01. The highest BCUT2D eigenvalue weighted by molar-refractivity contribution is 8.14. The van der Waals surface area contributed by atoms with Gasteiger partial charge in [0.1, 0.15) is 12.7 Å². The highest BCUT2D eigenvalue weighted by Gasteiger charge is 2.34. The van der Waals surface area contributed by atoms with E-state index in [0.29, 0.717) is 11.7 Å². The Labute approximate surface area is 202 Å². The first kappa shape index (κ1) is 24.9. The molecular weight excluding hydrogens is 487 g/mol. The van der Waals surface area contributed by atoms with Gasteiger partial charge in [0, 0.05) is 16.9 Å². The summed E-state index contributed by atoms with van der Waals surface area (Å²) in [7, 11) is 0. The zero-order valence-corrected chi connectivity index (χ0v) is 19.5. The number of halogens is 3. The van der Waals surface area contributed by atoms with Crippen molar-refractivity contribution in [3.05, 3.63) is 47.3 Å². The zero-order chi connectivity index (χ0) is 25.3. The Hall–Kier alpha value is -3.16. The van der Waals surface area contributed by atoms with Gasteiger partial charge in [0.15, 0.2) is 22.3 Å². The smallest absolute Gasteiger partial charge is 0.417 e. The van der Waals surface area contributed by atoms with E-state index in [1.165, 1.54) is 36.0 Å². The van der Waals surface area contributed by atoms with E-state index < -0.39 is 30.4 Å². The van der Waals surface area contributed by atoms with Crippen LogP contribution in [0.1, 0.15) is 28.7 Å². The second-order valence-corrected chi connectivity index (χ2v) is 9.32. The van der Waals surface area contributed by atoms with Crippen LogP contribution >= 0.6 is 11.8 Å². The summed E-state index contributed by atoms with van der Waals surface area (Å²) in [5, 5.41) is 26.5. The van der Waals surface area contributed by atoms with Gasteiger partial charge in [0.25, 0.3) is 5.91 Å². The number of nitrogens with one attached hydrogen (secondary N) is 1. The fourth-order valence-electron chi connectivity index (χ4n) is 3.49. The molecule has 0 radical (unpaired) electrons. The molecule has 3 aromatic rings. The van der Waals surface area contributed by atoms with Crippen molar-refractivity contribution in [3.8, 4) is 17.0 Å². The average molecular weight is 510 g/mol. The van der Waals surface area contributed by atoms with Crippen LogP contribution in [0.15, 0.2) is 35.3 Å². The topological polar surface area (TPSA) is 121 Å². The summed E-state index contributed by atoms with van der Waals surface area (Å²) in [6.45, 7) is 3.14. The summed E-state index contributed by atoms with van der Waals surface area (Å²) in [5.74, 6) is -0.590. The lowest BCUT2D eigenvalue weighted by atomic mass is 10.0. The molecule has 0 saturated carbocycles. The van der Waals surface area contributed by atoms with Crippen LogP contribution in [0.3, 0.4) is 0 Å². The van der Waals surface area contributed by atoms with Crippen LogP contribution in [0.2, 0.25) is 0 Å². The molecule has 186 valence electrons. The molecule has 1 amide bonds. The molecule has 3 N–H and O–H groups in total. The Morgan fingerprint density at radius 3 is 2.77 bits per heavy atom. The summed E-state index contributed by atoms with van der Waals surface area (Å²) in [5.41, 5.74) is -0.923. The van der Waals surface area contributed by atoms with Crippen molar-refractivity contribution < 1.29 is 32.9 Å². The molecule has 1 unspecified atom stereocenters. The van der Waals surface area contributed by atoms with Crippen LogP contribution in [0, 0.1) is 6.92 Å². The van der Waals surface area contributed by atoms with Crippen LogP contribution in [-0.2, 0) is 6.18 Å². The van der Waals surface area contributed by atoms with Gasteiger partial charge in [-0.3, -0.25) is 15.1 Å².